The molecule has 1 rings (SSSR count). The van der Waals surface area contributed by atoms with Crippen LogP contribution in [-0.2, 0) is 4.79 Å². The van der Waals surface area contributed by atoms with Crippen LogP contribution < -0.4 is 4.74 Å². The zero-order valence-electron chi connectivity index (χ0n) is 7.47. The lowest BCUT2D eigenvalue weighted by Gasteiger charge is -2.02. The second-order valence-corrected chi connectivity index (χ2v) is 2.57. The number of Topliss-reactive ketones (excluding diaryl/α,β-unsaturated/α-hetero) is 1. The van der Waals surface area contributed by atoms with Crippen molar-refractivity contribution in [3.05, 3.63) is 28.4 Å². The Labute approximate surface area is 79.7 Å². The predicted molar refractivity (Wildman–Crippen MR) is 47.1 cm³/mol. The van der Waals surface area contributed by atoms with Crippen molar-refractivity contribution in [2.75, 3.05) is 6.61 Å². The van der Waals surface area contributed by atoms with E-state index in [1.54, 1.807) is 0 Å². The number of ketones is 1. The summed E-state index contributed by atoms with van der Waals surface area (Å²) in [5, 5.41) is 10.4. The minimum atomic E-state index is -0.657. The Balaban J connectivity index is 2.84. The van der Waals surface area contributed by atoms with E-state index in [4.69, 9.17) is 4.74 Å². The van der Waals surface area contributed by atoms with Crippen LogP contribution >= 0.6 is 0 Å². The summed E-state index contributed by atoms with van der Waals surface area (Å²) in [6.07, 6.45) is 1.29. The number of nitro groups is 1. The molecule has 0 aliphatic rings. The molecule has 0 bridgehead atoms. The first-order valence-electron chi connectivity index (χ1n) is 3.83. The minimum Gasteiger partial charge on any atom is -0.478 e. The molecule has 1 heterocycles. The molecule has 6 heteroatoms. The van der Waals surface area contributed by atoms with Gasteiger partial charge in [0.15, 0.2) is 5.78 Å². The van der Waals surface area contributed by atoms with Crippen molar-refractivity contribution in [2.45, 2.75) is 6.92 Å². The number of pyridine rings is 1. The molecule has 1 aromatic rings. The van der Waals surface area contributed by atoms with E-state index in [1.165, 1.54) is 25.3 Å². The molecule has 0 saturated heterocycles. The van der Waals surface area contributed by atoms with Gasteiger partial charge in [-0.15, -0.1) is 0 Å². The molecule has 0 N–H and O–H groups in total. The maximum absolute atomic E-state index is 10.6. The van der Waals surface area contributed by atoms with E-state index in [-0.39, 0.29) is 24.0 Å². The molecule has 0 amide bonds. The molecule has 1 aromatic heterocycles. The predicted octanol–water partition coefficient (Wildman–Crippen LogP) is 0.958. The lowest BCUT2D eigenvalue weighted by molar-refractivity contribution is -0.390. The SMILES string of the molecule is CC(=O)COc1cccnc1[N+](=O)[O-]. The van der Waals surface area contributed by atoms with Crippen LogP contribution in [0.4, 0.5) is 5.82 Å². The van der Waals surface area contributed by atoms with Gasteiger partial charge < -0.3 is 14.9 Å². The third kappa shape index (κ3) is 2.51. The summed E-state index contributed by atoms with van der Waals surface area (Å²) in [6, 6.07) is 2.90. The lowest BCUT2D eigenvalue weighted by atomic mass is 10.4. The molecule has 0 radical (unpaired) electrons. The lowest BCUT2D eigenvalue weighted by Crippen LogP contribution is -2.08. The largest absolute Gasteiger partial charge is 0.478 e. The highest BCUT2D eigenvalue weighted by Crippen LogP contribution is 2.22. The van der Waals surface area contributed by atoms with Crippen molar-refractivity contribution < 1.29 is 14.5 Å². The normalized spacial score (nSPS) is 9.50. The molecule has 0 spiro atoms. The van der Waals surface area contributed by atoms with E-state index in [0.717, 1.165) is 0 Å². The molecular formula is C8H8N2O4. The van der Waals surface area contributed by atoms with Gasteiger partial charge in [0.1, 0.15) is 12.8 Å². The quantitative estimate of drug-likeness (QED) is 0.529. The molecule has 0 saturated carbocycles. The topological polar surface area (TPSA) is 82.3 Å². The number of hydrogen-bond donors (Lipinski definition) is 0. The summed E-state index contributed by atoms with van der Waals surface area (Å²) >= 11 is 0. The molecule has 0 fully saturated rings. The van der Waals surface area contributed by atoms with E-state index < -0.39 is 4.92 Å². The molecule has 74 valence electrons. The van der Waals surface area contributed by atoms with Crippen molar-refractivity contribution in [1.82, 2.24) is 4.98 Å². The highest BCUT2D eigenvalue weighted by Gasteiger charge is 2.15. The Morgan fingerprint density at radius 2 is 2.43 bits per heavy atom. The molecule has 0 atom stereocenters. The average molecular weight is 196 g/mol. The molecule has 0 aliphatic carbocycles. The maximum Gasteiger partial charge on any atom is 0.406 e. The highest BCUT2D eigenvalue weighted by atomic mass is 16.6. The third-order valence-corrected chi connectivity index (χ3v) is 1.35. The van der Waals surface area contributed by atoms with Crippen molar-refractivity contribution >= 4 is 11.6 Å². The molecule has 0 aliphatic heterocycles. The molecule has 0 unspecified atom stereocenters. The molecule has 6 nitrogen and oxygen atoms in total. The summed E-state index contributed by atoms with van der Waals surface area (Å²) in [6.45, 7) is 1.15. The van der Waals surface area contributed by atoms with Gasteiger partial charge in [0.25, 0.3) is 0 Å². The zero-order chi connectivity index (χ0) is 10.6. The third-order valence-electron chi connectivity index (χ3n) is 1.35. The van der Waals surface area contributed by atoms with Gasteiger partial charge >= 0.3 is 5.82 Å². The van der Waals surface area contributed by atoms with Crippen molar-refractivity contribution in [3.8, 4) is 5.75 Å². The van der Waals surface area contributed by atoms with Crippen LogP contribution in [0.25, 0.3) is 0 Å². The summed E-state index contributed by atoms with van der Waals surface area (Å²) in [5.41, 5.74) is 0. The van der Waals surface area contributed by atoms with Gasteiger partial charge in [-0.3, -0.25) is 4.79 Å². The smallest absolute Gasteiger partial charge is 0.406 e. The number of nitrogens with zero attached hydrogens (tertiary/aromatic N) is 2. The van der Waals surface area contributed by atoms with E-state index in [9.17, 15) is 14.9 Å². The van der Waals surface area contributed by atoms with Gasteiger partial charge in [0, 0.05) is 0 Å². The van der Waals surface area contributed by atoms with Gasteiger partial charge in [-0.1, -0.05) is 0 Å². The first-order valence-corrected chi connectivity index (χ1v) is 3.83. The van der Waals surface area contributed by atoms with Gasteiger partial charge in [-0.25, -0.2) is 0 Å². The van der Waals surface area contributed by atoms with Crippen LogP contribution in [0.5, 0.6) is 5.75 Å². The Morgan fingerprint density at radius 1 is 1.71 bits per heavy atom. The van der Waals surface area contributed by atoms with Crippen LogP contribution in [0, 0.1) is 10.1 Å². The monoisotopic (exact) mass is 196 g/mol. The summed E-state index contributed by atoms with van der Waals surface area (Å²) < 4.78 is 4.91. The second-order valence-electron chi connectivity index (χ2n) is 2.57. The van der Waals surface area contributed by atoms with Gasteiger partial charge in [0.05, 0.1) is 0 Å². The van der Waals surface area contributed by atoms with Crippen LogP contribution in [0.1, 0.15) is 6.92 Å². The maximum atomic E-state index is 10.6. The van der Waals surface area contributed by atoms with Crippen LogP contribution in [-0.4, -0.2) is 22.3 Å². The standard InChI is InChI=1S/C8H8N2O4/c1-6(11)5-14-7-3-2-4-9-8(7)10(12)13/h2-4H,5H2,1H3. The molecule has 14 heavy (non-hydrogen) atoms. The number of carbonyl (C=O) groups is 1. The number of aromatic nitrogens is 1. The van der Waals surface area contributed by atoms with E-state index >= 15 is 0 Å². The Kier molecular flexibility index (Phi) is 3.11. The first-order chi connectivity index (χ1) is 6.61. The van der Waals surface area contributed by atoms with Crippen molar-refractivity contribution in [1.29, 1.82) is 0 Å². The molecular weight excluding hydrogens is 188 g/mol. The molecule has 0 aromatic carbocycles. The summed E-state index contributed by atoms with van der Waals surface area (Å²) in [4.78, 5) is 23.9. The first kappa shape index (κ1) is 10.1. The van der Waals surface area contributed by atoms with Crippen LogP contribution in [0.3, 0.4) is 0 Å². The van der Waals surface area contributed by atoms with Crippen LogP contribution in [0.15, 0.2) is 18.3 Å². The van der Waals surface area contributed by atoms with Crippen molar-refractivity contribution in [2.24, 2.45) is 0 Å². The Morgan fingerprint density at radius 3 is 3.00 bits per heavy atom. The Bertz CT molecular complexity index is 364. The fraction of sp³-hybridized carbons (Fsp3) is 0.250. The van der Waals surface area contributed by atoms with Crippen LogP contribution in [0.2, 0.25) is 0 Å². The zero-order valence-corrected chi connectivity index (χ0v) is 7.47. The number of hydrogen-bond acceptors (Lipinski definition) is 5. The average Bonchev–Trinajstić information content (AvgIpc) is 2.15. The minimum absolute atomic E-state index is 0.00713. The van der Waals surface area contributed by atoms with Crippen molar-refractivity contribution in [3.63, 3.8) is 0 Å². The number of ether oxygens (including phenoxy) is 1. The van der Waals surface area contributed by atoms with Gasteiger partial charge in [-0.05, 0) is 29.0 Å². The van der Waals surface area contributed by atoms with Gasteiger partial charge in [0.2, 0.25) is 5.75 Å². The number of rotatable bonds is 4. The fourth-order valence-corrected chi connectivity index (χ4v) is 0.811. The van der Waals surface area contributed by atoms with E-state index in [2.05, 4.69) is 4.98 Å². The number of carbonyl (C=O) groups excluding carboxylic acids is 1. The second kappa shape index (κ2) is 4.31. The fourth-order valence-electron chi connectivity index (χ4n) is 0.811. The summed E-state index contributed by atoms with van der Waals surface area (Å²) in [5.74, 6) is -0.579. The Hall–Kier alpha value is -1.98. The van der Waals surface area contributed by atoms with E-state index in [0.29, 0.717) is 0 Å². The summed E-state index contributed by atoms with van der Waals surface area (Å²) in [7, 11) is 0. The highest BCUT2D eigenvalue weighted by molar-refractivity contribution is 5.77. The van der Waals surface area contributed by atoms with E-state index in [1.807, 2.05) is 0 Å². The van der Waals surface area contributed by atoms with Gasteiger partial charge in [-0.2, -0.15) is 0 Å².